The Bertz CT molecular complexity index is 1000. The molecule has 148 valence electrons. The van der Waals surface area contributed by atoms with Crippen LogP contribution in [0.4, 0.5) is 11.4 Å². The van der Waals surface area contributed by atoms with E-state index >= 15 is 0 Å². The van der Waals surface area contributed by atoms with Gasteiger partial charge in [0.05, 0.1) is 25.3 Å². The monoisotopic (exact) mass is 391 g/mol. The van der Waals surface area contributed by atoms with E-state index in [9.17, 15) is 9.59 Å². The highest BCUT2D eigenvalue weighted by atomic mass is 16.5. The van der Waals surface area contributed by atoms with Gasteiger partial charge in [0.2, 0.25) is 11.8 Å². The van der Waals surface area contributed by atoms with Crippen LogP contribution in [0.3, 0.4) is 0 Å². The minimum atomic E-state index is -0.415. The standard InChI is InChI=1S/C21H21N5O3/c1-29-19-5-3-2-4-18(19)26-12-16(10-20(26)27)21(28)24-17-8-6-15(7-9-17)11-25-14-22-13-23-25/h2-9,13-14,16H,10-12H2,1H3,(H,24,28)/t16-/m1/s1. The largest absolute Gasteiger partial charge is 0.495 e. The normalized spacial score (nSPS) is 16.1. The average molecular weight is 391 g/mol. The number of hydrogen-bond donors (Lipinski definition) is 1. The zero-order valence-electron chi connectivity index (χ0n) is 16.0. The van der Waals surface area contributed by atoms with Crippen molar-refractivity contribution in [1.82, 2.24) is 14.8 Å². The Hall–Kier alpha value is -3.68. The summed E-state index contributed by atoms with van der Waals surface area (Å²) in [5.41, 5.74) is 2.43. The molecule has 1 N–H and O–H groups in total. The van der Waals surface area contributed by atoms with E-state index in [0.717, 1.165) is 5.56 Å². The molecule has 29 heavy (non-hydrogen) atoms. The first-order chi connectivity index (χ1) is 14.1. The smallest absolute Gasteiger partial charge is 0.229 e. The molecule has 0 saturated carbocycles. The van der Waals surface area contributed by atoms with E-state index in [1.807, 2.05) is 42.5 Å². The molecule has 2 heterocycles. The maximum atomic E-state index is 12.7. The lowest BCUT2D eigenvalue weighted by atomic mass is 10.1. The summed E-state index contributed by atoms with van der Waals surface area (Å²) < 4.78 is 7.07. The second kappa shape index (κ2) is 8.14. The van der Waals surface area contributed by atoms with E-state index in [-0.39, 0.29) is 18.2 Å². The molecule has 2 amide bonds. The number of benzene rings is 2. The van der Waals surface area contributed by atoms with Gasteiger partial charge < -0.3 is 15.0 Å². The third kappa shape index (κ3) is 4.11. The number of methoxy groups -OCH3 is 1. The second-order valence-electron chi connectivity index (χ2n) is 6.86. The number of rotatable bonds is 6. The molecule has 0 bridgehead atoms. The number of nitrogens with zero attached hydrogens (tertiary/aromatic N) is 4. The molecule has 0 radical (unpaired) electrons. The fourth-order valence-corrected chi connectivity index (χ4v) is 3.41. The Kier molecular flexibility index (Phi) is 5.24. The molecule has 8 nitrogen and oxygen atoms in total. The van der Waals surface area contributed by atoms with Crippen LogP contribution in [0.2, 0.25) is 0 Å². The van der Waals surface area contributed by atoms with Crippen LogP contribution < -0.4 is 15.0 Å². The minimum absolute atomic E-state index is 0.0853. The third-order valence-electron chi connectivity index (χ3n) is 4.90. The van der Waals surface area contributed by atoms with Crippen molar-refractivity contribution >= 4 is 23.2 Å². The van der Waals surface area contributed by atoms with Gasteiger partial charge in [0.1, 0.15) is 18.4 Å². The summed E-state index contributed by atoms with van der Waals surface area (Å²) >= 11 is 0. The molecule has 0 aliphatic carbocycles. The van der Waals surface area contributed by atoms with Gasteiger partial charge in [-0.1, -0.05) is 24.3 Å². The van der Waals surface area contributed by atoms with E-state index in [1.54, 1.807) is 29.1 Å². The summed E-state index contributed by atoms with van der Waals surface area (Å²) in [7, 11) is 1.57. The highest BCUT2D eigenvalue weighted by molar-refractivity contribution is 6.04. The molecule has 3 aromatic rings. The van der Waals surface area contributed by atoms with Crippen molar-refractivity contribution in [3.8, 4) is 5.75 Å². The van der Waals surface area contributed by atoms with Crippen LogP contribution in [0.5, 0.6) is 5.75 Å². The van der Waals surface area contributed by atoms with E-state index < -0.39 is 5.92 Å². The third-order valence-corrected chi connectivity index (χ3v) is 4.90. The van der Waals surface area contributed by atoms with Crippen molar-refractivity contribution in [3.63, 3.8) is 0 Å². The van der Waals surface area contributed by atoms with Crippen molar-refractivity contribution in [2.75, 3.05) is 23.9 Å². The maximum Gasteiger partial charge on any atom is 0.229 e. The van der Waals surface area contributed by atoms with Gasteiger partial charge in [-0.15, -0.1) is 0 Å². The second-order valence-corrected chi connectivity index (χ2v) is 6.86. The maximum absolute atomic E-state index is 12.7. The highest BCUT2D eigenvalue weighted by Gasteiger charge is 2.36. The number of ether oxygens (including phenoxy) is 1. The fourth-order valence-electron chi connectivity index (χ4n) is 3.41. The summed E-state index contributed by atoms with van der Waals surface area (Å²) in [5.74, 6) is -0.0512. The summed E-state index contributed by atoms with van der Waals surface area (Å²) in [6, 6.07) is 14.9. The molecule has 1 saturated heterocycles. The molecule has 2 aromatic carbocycles. The van der Waals surface area contributed by atoms with Crippen LogP contribution in [-0.2, 0) is 16.1 Å². The molecule has 1 atom stereocenters. The van der Waals surface area contributed by atoms with Gasteiger partial charge in [0, 0.05) is 18.7 Å². The van der Waals surface area contributed by atoms with E-state index in [4.69, 9.17) is 4.74 Å². The molecule has 1 fully saturated rings. The summed E-state index contributed by atoms with van der Waals surface area (Å²) in [6.45, 7) is 0.939. The SMILES string of the molecule is COc1ccccc1N1C[C@H](C(=O)Nc2ccc(Cn3cncn3)cc2)CC1=O. The van der Waals surface area contributed by atoms with E-state index in [2.05, 4.69) is 15.4 Å². The fraction of sp³-hybridized carbons (Fsp3) is 0.238. The molecule has 8 heteroatoms. The van der Waals surface area contributed by atoms with Crippen molar-refractivity contribution in [2.24, 2.45) is 5.92 Å². The van der Waals surface area contributed by atoms with Gasteiger partial charge in [-0.25, -0.2) is 9.67 Å². The Morgan fingerprint density at radius 3 is 2.72 bits per heavy atom. The van der Waals surface area contributed by atoms with E-state index in [0.29, 0.717) is 30.2 Å². The molecule has 1 aromatic heterocycles. The lowest BCUT2D eigenvalue weighted by Crippen LogP contribution is -2.28. The number of hydrogen-bond acceptors (Lipinski definition) is 5. The molecule has 1 aliphatic rings. The van der Waals surface area contributed by atoms with Crippen molar-refractivity contribution in [3.05, 3.63) is 66.7 Å². The molecule has 0 unspecified atom stereocenters. The van der Waals surface area contributed by atoms with Crippen LogP contribution in [0.15, 0.2) is 61.2 Å². The predicted molar refractivity (Wildman–Crippen MR) is 108 cm³/mol. The average Bonchev–Trinajstić information content (AvgIpc) is 3.39. The summed E-state index contributed by atoms with van der Waals surface area (Å²) in [6.07, 6.45) is 3.32. The molecule has 4 rings (SSSR count). The number of aromatic nitrogens is 3. The number of carbonyl (C=O) groups excluding carboxylic acids is 2. The molecule has 1 aliphatic heterocycles. The van der Waals surface area contributed by atoms with Crippen LogP contribution in [0.1, 0.15) is 12.0 Å². The van der Waals surface area contributed by atoms with Crippen molar-refractivity contribution < 1.29 is 14.3 Å². The number of anilines is 2. The number of amides is 2. The molecule has 0 spiro atoms. The van der Waals surface area contributed by atoms with E-state index in [1.165, 1.54) is 6.33 Å². The summed E-state index contributed by atoms with van der Waals surface area (Å²) in [4.78, 5) is 30.7. The van der Waals surface area contributed by atoms with Crippen molar-refractivity contribution in [1.29, 1.82) is 0 Å². The highest BCUT2D eigenvalue weighted by Crippen LogP contribution is 2.33. The Morgan fingerprint density at radius 1 is 1.21 bits per heavy atom. The topological polar surface area (TPSA) is 89.3 Å². The lowest BCUT2D eigenvalue weighted by Gasteiger charge is -2.19. The predicted octanol–water partition coefficient (Wildman–Crippen LogP) is 2.33. The Balaban J connectivity index is 1.39. The van der Waals surface area contributed by atoms with Gasteiger partial charge in [0.25, 0.3) is 0 Å². The zero-order chi connectivity index (χ0) is 20.2. The lowest BCUT2D eigenvalue weighted by molar-refractivity contribution is -0.122. The van der Waals surface area contributed by atoms with Gasteiger partial charge in [-0.2, -0.15) is 5.10 Å². The van der Waals surface area contributed by atoms with Crippen LogP contribution in [0, 0.1) is 5.92 Å². The van der Waals surface area contributed by atoms with Gasteiger partial charge in [-0.3, -0.25) is 9.59 Å². The van der Waals surface area contributed by atoms with Gasteiger partial charge in [-0.05, 0) is 29.8 Å². The molecular weight excluding hydrogens is 370 g/mol. The van der Waals surface area contributed by atoms with Gasteiger partial charge >= 0.3 is 0 Å². The van der Waals surface area contributed by atoms with Crippen LogP contribution in [0.25, 0.3) is 0 Å². The quantitative estimate of drug-likeness (QED) is 0.697. The van der Waals surface area contributed by atoms with Crippen LogP contribution >= 0.6 is 0 Å². The summed E-state index contributed by atoms with van der Waals surface area (Å²) in [5, 5.41) is 6.98. The number of para-hydroxylation sites is 2. The Morgan fingerprint density at radius 2 is 2.00 bits per heavy atom. The number of carbonyl (C=O) groups is 2. The first-order valence-corrected chi connectivity index (χ1v) is 9.29. The van der Waals surface area contributed by atoms with Crippen LogP contribution in [-0.4, -0.2) is 40.2 Å². The molecular formula is C21H21N5O3. The van der Waals surface area contributed by atoms with Gasteiger partial charge in [0.15, 0.2) is 0 Å². The minimum Gasteiger partial charge on any atom is -0.495 e. The number of nitrogens with one attached hydrogen (secondary N) is 1. The van der Waals surface area contributed by atoms with Crippen molar-refractivity contribution in [2.45, 2.75) is 13.0 Å². The first kappa shape index (κ1) is 18.7. The Labute approximate surface area is 168 Å². The zero-order valence-corrected chi connectivity index (χ0v) is 16.0. The first-order valence-electron chi connectivity index (χ1n) is 9.29.